The monoisotopic (exact) mass is 278 g/mol. The van der Waals surface area contributed by atoms with Crippen LogP contribution >= 0.6 is 11.8 Å². The van der Waals surface area contributed by atoms with Crippen LogP contribution in [0, 0.1) is 0 Å². The van der Waals surface area contributed by atoms with Gasteiger partial charge in [0, 0.05) is 28.2 Å². The van der Waals surface area contributed by atoms with E-state index in [0.29, 0.717) is 22.5 Å². The first-order valence-corrected chi connectivity index (χ1v) is 7.95. The predicted molar refractivity (Wildman–Crippen MR) is 84.0 cm³/mol. The summed E-state index contributed by atoms with van der Waals surface area (Å²) in [6.07, 6.45) is 3.79. The molecule has 1 saturated carbocycles. The topological polar surface area (TPSA) is 55.1 Å². The number of ketones is 1. The maximum absolute atomic E-state index is 11.4. The van der Waals surface area contributed by atoms with Gasteiger partial charge in [0.1, 0.15) is 0 Å². The molecular formula is C15H22N2OS. The van der Waals surface area contributed by atoms with Crippen LogP contribution in [-0.2, 0) is 0 Å². The summed E-state index contributed by atoms with van der Waals surface area (Å²) in [5.74, 6) is 1.18. The van der Waals surface area contributed by atoms with E-state index >= 15 is 0 Å². The Balaban J connectivity index is 2.07. The highest BCUT2D eigenvalue weighted by atomic mass is 32.2. The Hall–Kier alpha value is -1.16. The third kappa shape index (κ3) is 3.44. The van der Waals surface area contributed by atoms with E-state index in [9.17, 15) is 4.79 Å². The highest BCUT2D eigenvalue weighted by Crippen LogP contribution is 2.32. The lowest BCUT2D eigenvalue weighted by Crippen LogP contribution is -2.26. The molecule has 1 fully saturated rings. The fourth-order valence-electron chi connectivity index (χ4n) is 2.69. The summed E-state index contributed by atoms with van der Waals surface area (Å²) in [6, 6.07) is 6.17. The van der Waals surface area contributed by atoms with Gasteiger partial charge in [-0.15, -0.1) is 0 Å². The van der Waals surface area contributed by atoms with Crippen molar-refractivity contribution in [1.29, 1.82) is 0 Å². The van der Waals surface area contributed by atoms with Crippen LogP contribution < -0.4 is 11.1 Å². The van der Waals surface area contributed by atoms with Gasteiger partial charge in [-0.3, -0.25) is 4.79 Å². The van der Waals surface area contributed by atoms with Gasteiger partial charge in [-0.2, -0.15) is 11.8 Å². The van der Waals surface area contributed by atoms with Crippen molar-refractivity contribution in [3.05, 3.63) is 23.8 Å². The highest BCUT2D eigenvalue weighted by Gasteiger charge is 2.26. The van der Waals surface area contributed by atoms with E-state index in [1.807, 2.05) is 30.0 Å². The van der Waals surface area contributed by atoms with Crippen LogP contribution in [0.2, 0.25) is 0 Å². The van der Waals surface area contributed by atoms with Crippen molar-refractivity contribution in [3.8, 4) is 0 Å². The van der Waals surface area contributed by atoms with Crippen LogP contribution in [0.4, 0.5) is 11.4 Å². The number of carbonyl (C=O) groups is 1. The van der Waals surface area contributed by atoms with Crippen LogP contribution in [0.25, 0.3) is 0 Å². The third-order valence-corrected chi connectivity index (χ3v) is 4.94. The standard InChI is InChI=1S/C15H22N2OS/c1-3-19-15-6-4-5-14(15)17-11-7-8-12(10(2)18)13(16)9-11/h7-9,14-15,17H,3-6,16H2,1-2H3. The van der Waals surface area contributed by atoms with Gasteiger partial charge in [0.05, 0.1) is 0 Å². The van der Waals surface area contributed by atoms with Gasteiger partial charge < -0.3 is 11.1 Å². The lowest BCUT2D eigenvalue weighted by Gasteiger charge is -2.21. The Bertz CT molecular complexity index is 461. The van der Waals surface area contributed by atoms with Crippen molar-refractivity contribution >= 4 is 28.9 Å². The predicted octanol–water partition coefficient (Wildman–Crippen LogP) is 3.56. The Kier molecular flexibility index (Phi) is 4.75. The summed E-state index contributed by atoms with van der Waals surface area (Å²) < 4.78 is 0. The fourth-order valence-corrected chi connectivity index (χ4v) is 3.89. The summed E-state index contributed by atoms with van der Waals surface area (Å²) in [5.41, 5.74) is 8.12. The fraction of sp³-hybridized carbons (Fsp3) is 0.533. The lowest BCUT2D eigenvalue weighted by molar-refractivity contribution is 0.101. The third-order valence-electron chi connectivity index (χ3n) is 3.62. The number of nitrogen functional groups attached to an aromatic ring is 1. The SMILES string of the molecule is CCSC1CCCC1Nc1ccc(C(C)=O)c(N)c1. The Morgan fingerprint density at radius 2 is 2.26 bits per heavy atom. The molecule has 0 spiro atoms. The second-order valence-corrected chi connectivity index (χ2v) is 6.55. The molecule has 2 unspecified atom stereocenters. The molecule has 0 saturated heterocycles. The minimum atomic E-state index is 0.0179. The minimum absolute atomic E-state index is 0.0179. The van der Waals surface area contributed by atoms with E-state index in [2.05, 4.69) is 12.2 Å². The number of nitrogens with one attached hydrogen (secondary N) is 1. The van der Waals surface area contributed by atoms with E-state index in [0.717, 1.165) is 11.4 Å². The number of thioether (sulfide) groups is 1. The van der Waals surface area contributed by atoms with Gasteiger partial charge in [-0.1, -0.05) is 13.3 Å². The second kappa shape index (κ2) is 6.33. The number of benzene rings is 1. The molecule has 4 heteroatoms. The first-order valence-electron chi connectivity index (χ1n) is 6.90. The molecule has 3 nitrogen and oxygen atoms in total. The van der Waals surface area contributed by atoms with Gasteiger partial charge in [0.25, 0.3) is 0 Å². The van der Waals surface area contributed by atoms with Crippen LogP contribution in [0.3, 0.4) is 0 Å². The number of anilines is 2. The quantitative estimate of drug-likeness (QED) is 0.639. The van der Waals surface area contributed by atoms with Crippen molar-refractivity contribution in [2.75, 3.05) is 16.8 Å². The number of hydrogen-bond donors (Lipinski definition) is 2. The summed E-state index contributed by atoms with van der Waals surface area (Å²) in [5, 5.41) is 4.26. The first kappa shape index (κ1) is 14.3. The Labute approximate surface area is 119 Å². The molecule has 0 aliphatic heterocycles. The zero-order valence-electron chi connectivity index (χ0n) is 11.6. The molecule has 0 bridgehead atoms. The molecule has 0 radical (unpaired) electrons. The van der Waals surface area contributed by atoms with E-state index in [1.54, 1.807) is 6.92 Å². The number of rotatable bonds is 5. The molecule has 104 valence electrons. The number of hydrogen-bond acceptors (Lipinski definition) is 4. The lowest BCUT2D eigenvalue weighted by atomic mass is 10.1. The van der Waals surface area contributed by atoms with Gasteiger partial charge in [-0.05, 0) is 43.7 Å². The highest BCUT2D eigenvalue weighted by molar-refractivity contribution is 7.99. The average molecular weight is 278 g/mol. The number of Topliss-reactive ketones (excluding diaryl/α,β-unsaturated/α-hetero) is 1. The first-order chi connectivity index (χ1) is 9.11. The average Bonchev–Trinajstić information content (AvgIpc) is 2.77. The summed E-state index contributed by atoms with van der Waals surface area (Å²) in [4.78, 5) is 11.4. The molecule has 2 atom stereocenters. The molecule has 3 N–H and O–H groups in total. The molecule has 0 amide bonds. The van der Waals surface area contributed by atoms with E-state index in [-0.39, 0.29) is 5.78 Å². The maximum Gasteiger partial charge on any atom is 0.161 e. The molecule has 1 aromatic carbocycles. The number of carbonyl (C=O) groups excluding carboxylic acids is 1. The maximum atomic E-state index is 11.4. The zero-order chi connectivity index (χ0) is 13.8. The molecule has 2 rings (SSSR count). The largest absolute Gasteiger partial charge is 0.398 e. The molecule has 0 aromatic heterocycles. The summed E-state index contributed by atoms with van der Waals surface area (Å²) in [7, 11) is 0. The van der Waals surface area contributed by atoms with Crippen LogP contribution in [0.5, 0.6) is 0 Å². The molecule has 1 aliphatic carbocycles. The van der Waals surface area contributed by atoms with E-state index in [1.165, 1.54) is 19.3 Å². The van der Waals surface area contributed by atoms with Crippen molar-refractivity contribution in [3.63, 3.8) is 0 Å². The molecule has 19 heavy (non-hydrogen) atoms. The van der Waals surface area contributed by atoms with Crippen LogP contribution in [0.15, 0.2) is 18.2 Å². The van der Waals surface area contributed by atoms with Gasteiger partial charge >= 0.3 is 0 Å². The van der Waals surface area contributed by atoms with E-state index in [4.69, 9.17) is 5.73 Å². The van der Waals surface area contributed by atoms with E-state index < -0.39 is 0 Å². The Morgan fingerprint density at radius 3 is 2.89 bits per heavy atom. The van der Waals surface area contributed by atoms with Crippen molar-refractivity contribution in [2.45, 2.75) is 44.4 Å². The van der Waals surface area contributed by atoms with Gasteiger partial charge in [0.2, 0.25) is 0 Å². The Morgan fingerprint density at radius 1 is 1.47 bits per heavy atom. The van der Waals surface area contributed by atoms with Crippen molar-refractivity contribution < 1.29 is 4.79 Å². The summed E-state index contributed by atoms with van der Waals surface area (Å²) >= 11 is 2.03. The van der Waals surface area contributed by atoms with Gasteiger partial charge in [-0.25, -0.2) is 0 Å². The number of nitrogens with two attached hydrogens (primary N) is 1. The zero-order valence-corrected chi connectivity index (χ0v) is 12.4. The minimum Gasteiger partial charge on any atom is -0.398 e. The molecule has 1 aliphatic rings. The van der Waals surface area contributed by atoms with Crippen molar-refractivity contribution in [1.82, 2.24) is 0 Å². The van der Waals surface area contributed by atoms with Crippen molar-refractivity contribution in [2.24, 2.45) is 0 Å². The normalized spacial score (nSPS) is 22.4. The van der Waals surface area contributed by atoms with Crippen LogP contribution in [-0.4, -0.2) is 22.8 Å². The summed E-state index contributed by atoms with van der Waals surface area (Å²) in [6.45, 7) is 3.75. The molecule has 0 heterocycles. The van der Waals surface area contributed by atoms with Crippen LogP contribution in [0.1, 0.15) is 43.5 Å². The second-order valence-electron chi connectivity index (χ2n) is 5.03. The smallest absolute Gasteiger partial charge is 0.161 e. The molecule has 1 aromatic rings. The van der Waals surface area contributed by atoms with Gasteiger partial charge in [0.15, 0.2) is 5.78 Å². The molecular weight excluding hydrogens is 256 g/mol.